The van der Waals surface area contributed by atoms with Crippen LogP contribution in [0.4, 0.5) is 11.4 Å². The summed E-state index contributed by atoms with van der Waals surface area (Å²) in [6, 6.07) is 6.12. The Labute approximate surface area is 89.8 Å². The largest absolute Gasteiger partial charge is 0.310 e. The van der Waals surface area contributed by atoms with Crippen LogP contribution in [-0.4, -0.2) is 16.8 Å². The van der Waals surface area contributed by atoms with E-state index >= 15 is 0 Å². The van der Waals surface area contributed by atoms with Crippen molar-refractivity contribution in [2.45, 2.75) is 0 Å². The molecule has 0 radical (unpaired) electrons. The summed E-state index contributed by atoms with van der Waals surface area (Å²) in [6.07, 6.45) is 0. The number of nitrogens with two attached hydrogens (primary N) is 1. The smallest absolute Gasteiger partial charge is 0.269 e. The van der Waals surface area contributed by atoms with Crippen LogP contribution in [0.15, 0.2) is 24.3 Å². The van der Waals surface area contributed by atoms with Crippen LogP contribution in [0.1, 0.15) is 0 Å². The molecule has 5 nitrogen and oxygen atoms in total. The molecule has 0 fully saturated rings. The summed E-state index contributed by atoms with van der Waals surface area (Å²) in [7, 11) is 0. The van der Waals surface area contributed by atoms with Crippen molar-refractivity contribution in [3.05, 3.63) is 34.4 Å². The fourth-order valence-electron chi connectivity index (χ4n) is 0.986. The summed E-state index contributed by atoms with van der Waals surface area (Å²) in [6.45, 7) is 0.651. The van der Waals surface area contributed by atoms with E-state index in [1.807, 2.05) is 0 Å². The lowest BCUT2D eigenvalue weighted by atomic mass is 10.3. The molecule has 0 saturated heterocycles. The third-order valence-electron chi connectivity index (χ3n) is 1.72. The van der Waals surface area contributed by atoms with Gasteiger partial charge in [-0.15, -0.1) is 0 Å². The third-order valence-corrected chi connectivity index (χ3v) is 2.07. The van der Waals surface area contributed by atoms with Gasteiger partial charge >= 0.3 is 0 Å². The van der Waals surface area contributed by atoms with E-state index in [2.05, 4.69) is 15.9 Å². The van der Waals surface area contributed by atoms with Gasteiger partial charge in [0.2, 0.25) is 0 Å². The average Bonchev–Trinajstić information content (AvgIpc) is 2.18. The van der Waals surface area contributed by atoms with E-state index < -0.39 is 4.92 Å². The first kappa shape index (κ1) is 10.9. The highest BCUT2D eigenvalue weighted by Gasteiger charge is 2.05. The zero-order valence-corrected chi connectivity index (χ0v) is 8.98. The molecule has 0 heterocycles. The number of nitrogens with zero attached hydrogens (tertiary/aromatic N) is 2. The van der Waals surface area contributed by atoms with E-state index in [1.54, 1.807) is 12.1 Å². The van der Waals surface area contributed by atoms with E-state index in [4.69, 9.17) is 5.84 Å². The van der Waals surface area contributed by atoms with Crippen molar-refractivity contribution >= 4 is 27.3 Å². The van der Waals surface area contributed by atoms with Crippen LogP contribution in [0.2, 0.25) is 0 Å². The zero-order chi connectivity index (χ0) is 10.6. The minimum absolute atomic E-state index is 0.0704. The molecule has 0 amide bonds. The lowest BCUT2D eigenvalue weighted by Gasteiger charge is -2.16. The second-order valence-corrected chi connectivity index (χ2v) is 3.45. The van der Waals surface area contributed by atoms with Gasteiger partial charge in [0.15, 0.2) is 0 Å². The highest BCUT2D eigenvalue weighted by atomic mass is 79.9. The van der Waals surface area contributed by atoms with Gasteiger partial charge in [0.25, 0.3) is 5.69 Å². The Morgan fingerprint density at radius 2 is 2.00 bits per heavy atom. The zero-order valence-electron chi connectivity index (χ0n) is 7.39. The molecule has 0 unspecified atom stereocenters. The summed E-state index contributed by atoms with van der Waals surface area (Å²) in [5, 5.41) is 12.6. The lowest BCUT2D eigenvalue weighted by molar-refractivity contribution is -0.384. The van der Waals surface area contributed by atoms with Gasteiger partial charge in [0.05, 0.1) is 10.6 Å². The monoisotopic (exact) mass is 259 g/mol. The number of anilines is 1. The van der Waals surface area contributed by atoms with Crippen molar-refractivity contribution in [2.24, 2.45) is 5.84 Å². The summed E-state index contributed by atoms with van der Waals surface area (Å²) < 4.78 is 0. The Balaban J connectivity index is 2.77. The molecule has 0 saturated carbocycles. The summed E-state index contributed by atoms with van der Waals surface area (Å²) in [5.41, 5.74) is 0.830. The number of alkyl halides is 1. The SMILES string of the molecule is NN(CCBr)c1ccc([N+](=O)[O-])cc1. The number of hydrogen-bond acceptors (Lipinski definition) is 4. The Kier molecular flexibility index (Phi) is 3.84. The highest BCUT2D eigenvalue weighted by molar-refractivity contribution is 9.09. The van der Waals surface area contributed by atoms with Gasteiger partial charge in [-0.25, -0.2) is 5.84 Å². The van der Waals surface area contributed by atoms with E-state index in [0.717, 1.165) is 11.0 Å². The van der Waals surface area contributed by atoms with Crippen molar-refractivity contribution < 1.29 is 4.92 Å². The van der Waals surface area contributed by atoms with E-state index in [-0.39, 0.29) is 5.69 Å². The number of hydrazine groups is 1. The van der Waals surface area contributed by atoms with Crippen LogP contribution < -0.4 is 10.9 Å². The van der Waals surface area contributed by atoms with E-state index in [1.165, 1.54) is 17.1 Å². The lowest BCUT2D eigenvalue weighted by Crippen LogP contribution is -2.32. The first-order valence-electron chi connectivity index (χ1n) is 3.98. The molecule has 0 aromatic heterocycles. The van der Waals surface area contributed by atoms with E-state index in [9.17, 15) is 10.1 Å². The molecule has 1 aromatic carbocycles. The molecular weight excluding hydrogens is 250 g/mol. The molecular formula is C8H10BrN3O2. The van der Waals surface area contributed by atoms with Crippen molar-refractivity contribution in [1.82, 2.24) is 0 Å². The van der Waals surface area contributed by atoms with Gasteiger partial charge in [-0.05, 0) is 12.1 Å². The number of rotatable bonds is 4. The average molecular weight is 260 g/mol. The van der Waals surface area contributed by atoms with Crippen molar-refractivity contribution in [3.8, 4) is 0 Å². The van der Waals surface area contributed by atoms with Crippen LogP contribution >= 0.6 is 15.9 Å². The van der Waals surface area contributed by atoms with Crippen LogP contribution in [0.3, 0.4) is 0 Å². The predicted octanol–water partition coefficient (Wildman–Crippen LogP) is 1.67. The van der Waals surface area contributed by atoms with Crippen LogP contribution in [0, 0.1) is 10.1 Å². The normalized spacial score (nSPS) is 9.86. The molecule has 1 aromatic rings. The molecule has 6 heteroatoms. The molecule has 0 spiro atoms. The predicted molar refractivity (Wildman–Crippen MR) is 58.4 cm³/mol. The maximum atomic E-state index is 10.4. The van der Waals surface area contributed by atoms with Crippen LogP contribution in [0.5, 0.6) is 0 Å². The Hall–Kier alpha value is -1.14. The second-order valence-electron chi connectivity index (χ2n) is 2.66. The number of halogens is 1. The Morgan fingerprint density at radius 3 is 2.43 bits per heavy atom. The fourth-order valence-corrected chi connectivity index (χ4v) is 1.37. The number of nitro benzene ring substituents is 1. The van der Waals surface area contributed by atoms with Crippen molar-refractivity contribution in [2.75, 3.05) is 16.9 Å². The Bertz CT molecular complexity index is 315. The molecule has 0 atom stereocenters. The van der Waals surface area contributed by atoms with Gasteiger partial charge < -0.3 is 5.01 Å². The molecule has 76 valence electrons. The minimum atomic E-state index is -0.435. The molecule has 2 N–H and O–H groups in total. The fraction of sp³-hybridized carbons (Fsp3) is 0.250. The topological polar surface area (TPSA) is 72.4 Å². The van der Waals surface area contributed by atoms with Gasteiger partial charge in [-0.2, -0.15) is 0 Å². The summed E-state index contributed by atoms with van der Waals surface area (Å²) in [5.74, 6) is 5.67. The number of benzene rings is 1. The molecule has 1 rings (SSSR count). The third kappa shape index (κ3) is 2.68. The second kappa shape index (κ2) is 4.92. The number of non-ortho nitro benzene ring substituents is 1. The standard InChI is InChI=1S/C8H10BrN3O2/c9-5-6-11(10)7-1-3-8(4-2-7)12(13)14/h1-4H,5-6,10H2. The van der Waals surface area contributed by atoms with Crippen molar-refractivity contribution in [3.63, 3.8) is 0 Å². The molecule has 0 aliphatic rings. The Morgan fingerprint density at radius 1 is 1.43 bits per heavy atom. The van der Waals surface area contributed by atoms with Crippen molar-refractivity contribution in [1.29, 1.82) is 0 Å². The summed E-state index contributed by atoms with van der Waals surface area (Å²) >= 11 is 3.26. The highest BCUT2D eigenvalue weighted by Crippen LogP contribution is 2.17. The molecule has 0 aliphatic carbocycles. The van der Waals surface area contributed by atoms with Gasteiger partial charge in [0.1, 0.15) is 0 Å². The first-order chi connectivity index (χ1) is 6.65. The van der Waals surface area contributed by atoms with Gasteiger partial charge in [-0.1, -0.05) is 15.9 Å². The number of nitro groups is 1. The molecule has 0 aliphatic heterocycles. The number of hydrogen-bond donors (Lipinski definition) is 1. The van der Waals surface area contributed by atoms with Crippen LogP contribution in [0.25, 0.3) is 0 Å². The van der Waals surface area contributed by atoms with Crippen LogP contribution in [-0.2, 0) is 0 Å². The molecule has 0 bridgehead atoms. The summed E-state index contributed by atoms with van der Waals surface area (Å²) in [4.78, 5) is 9.93. The van der Waals surface area contributed by atoms with E-state index in [0.29, 0.717) is 6.54 Å². The van der Waals surface area contributed by atoms with Gasteiger partial charge in [0, 0.05) is 24.0 Å². The van der Waals surface area contributed by atoms with Gasteiger partial charge in [-0.3, -0.25) is 10.1 Å². The maximum absolute atomic E-state index is 10.4. The first-order valence-corrected chi connectivity index (χ1v) is 5.10. The molecule has 14 heavy (non-hydrogen) atoms. The minimum Gasteiger partial charge on any atom is -0.310 e. The maximum Gasteiger partial charge on any atom is 0.269 e. The quantitative estimate of drug-likeness (QED) is 0.387.